The zero-order valence-electron chi connectivity index (χ0n) is 10.6. The molecule has 2 N–H and O–H groups in total. The smallest absolute Gasteiger partial charge is 0.151 e. The third kappa shape index (κ3) is 1.97. The summed E-state index contributed by atoms with van der Waals surface area (Å²) in [6, 6.07) is 0.201. The lowest BCUT2D eigenvalue weighted by molar-refractivity contribution is 0.552. The number of nitrogens with zero attached hydrogens (tertiary/aromatic N) is 2. The van der Waals surface area contributed by atoms with Crippen LogP contribution in [0.1, 0.15) is 36.0 Å². The van der Waals surface area contributed by atoms with Crippen LogP contribution in [0.4, 0.5) is 0 Å². The predicted molar refractivity (Wildman–Crippen MR) is 69.2 cm³/mol. The summed E-state index contributed by atoms with van der Waals surface area (Å²) in [5.74, 6) is 1.56. The highest BCUT2D eigenvalue weighted by Crippen LogP contribution is 2.31. The molecule has 1 fully saturated rings. The second-order valence-electron chi connectivity index (χ2n) is 5.53. The molecule has 1 aromatic rings. The number of imidazole rings is 1. The SMILES string of the molecule is Cn1c(C2CCS(=O)(=O)C2)nc2c1CCC(N)C2. The van der Waals surface area contributed by atoms with Gasteiger partial charge in [-0.2, -0.15) is 0 Å². The average molecular weight is 269 g/mol. The first-order valence-electron chi connectivity index (χ1n) is 6.46. The Morgan fingerprint density at radius 1 is 1.39 bits per heavy atom. The molecule has 1 saturated heterocycles. The summed E-state index contributed by atoms with van der Waals surface area (Å²) < 4.78 is 25.2. The normalized spacial score (nSPS) is 30.3. The number of fused-ring (bicyclic) bond motifs is 1. The van der Waals surface area contributed by atoms with Gasteiger partial charge in [-0.3, -0.25) is 0 Å². The molecule has 3 rings (SSSR count). The standard InChI is InChI=1S/C12H19N3O2S/c1-15-11-3-2-9(13)6-10(11)14-12(15)8-4-5-18(16,17)7-8/h8-9H,2-7,13H2,1H3. The highest BCUT2D eigenvalue weighted by molar-refractivity contribution is 7.91. The number of hydrogen-bond acceptors (Lipinski definition) is 4. The Morgan fingerprint density at radius 2 is 2.17 bits per heavy atom. The lowest BCUT2D eigenvalue weighted by Gasteiger charge is -2.18. The fourth-order valence-electron chi connectivity index (χ4n) is 3.12. The van der Waals surface area contributed by atoms with Crippen molar-refractivity contribution in [1.82, 2.24) is 9.55 Å². The first kappa shape index (κ1) is 12.2. The summed E-state index contributed by atoms with van der Waals surface area (Å²) in [5, 5.41) is 0. The molecule has 1 aliphatic heterocycles. The minimum absolute atomic E-state index is 0.0711. The van der Waals surface area contributed by atoms with Crippen LogP contribution in [-0.2, 0) is 29.7 Å². The molecular weight excluding hydrogens is 250 g/mol. The number of nitrogens with two attached hydrogens (primary N) is 1. The minimum Gasteiger partial charge on any atom is -0.335 e. The van der Waals surface area contributed by atoms with Gasteiger partial charge in [0.15, 0.2) is 9.84 Å². The maximum atomic E-state index is 11.6. The Bertz CT molecular complexity index is 576. The summed E-state index contributed by atoms with van der Waals surface area (Å²) in [4.78, 5) is 4.67. The summed E-state index contributed by atoms with van der Waals surface area (Å²) in [6.45, 7) is 0. The maximum Gasteiger partial charge on any atom is 0.151 e. The molecule has 0 radical (unpaired) electrons. The number of rotatable bonds is 1. The molecule has 0 aromatic carbocycles. The highest BCUT2D eigenvalue weighted by atomic mass is 32.2. The van der Waals surface area contributed by atoms with Crippen LogP contribution in [0.2, 0.25) is 0 Å². The summed E-state index contributed by atoms with van der Waals surface area (Å²) >= 11 is 0. The van der Waals surface area contributed by atoms with Crippen molar-refractivity contribution in [2.75, 3.05) is 11.5 Å². The van der Waals surface area contributed by atoms with Crippen LogP contribution in [0.5, 0.6) is 0 Å². The Morgan fingerprint density at radius 3 is 2.83 bits per heavy atom. The lowest BCUT2D eigenvalue weighted by Crippen LogP contribution is -2.28. The lowest BCUT2D eigenvalue weighted by atomic mass is 9.97. The van der Waals surface area contributed by atoms with Crippen molar-refractivity contribution in [1.29, 1.82) is 0 Å². The Labute approximate surface area is 107 Å². The maximum absolute atomic E-state index is 11.6. The van der Waals surface area contributed by atoms with Crippen LogP contribution >= 0.6 is 0 Å². The van der Waals surface area contributed by atoms with E-state index in [0.29, 0.717) is 12.2 Å². The molecule has 5 nitrogen and oxygen atoms in total. The molecule has 0 saturated carbocycles. The molecule has 18 heavy (non-hydrogen) atoms. The number of sulfone groups is 1. The van der Waals surface area contributed by atoms with E-state index in [9.17, 15) is 8.42 Å². The molecule has 2 unspecified atom stereocenters. The van der Waals surface area contributed by atoms with Crippen LogP contribution in [0.3, 0.4) is 0 Å². The van der Waals surface area contributed by atoms with Crippen molar-refractivity contribution < 1.29 is 8.42 Å². The van der Waals surface area contributed by atoms with Crippen LogP contribution in [0.15, 0.2) is 0 Å². The van der Waals surface area contributed by atoms with E-state index < -0.39 is 9.84 Å². The van der Waals surface area contributed by atoms with Gasteiger partial charge < -0.3 is 10.3 Å². The van der Waals surface area contributed by atoms with Crippen LogP contribution < -0.4 is 5.73 Å². The third-order valence-corrected chi connectivity index (χ3v) is 5.90. The summed E-state index contributed by atoms with van der Waals surface area (Å²) in [7, 11) is -0.848. The average Bonchev–Trinajstić information content (AvgIpc) is 2.80. The molecule has 2 aliphatic rings. The zero-order chi connectivity index (χ0) is 12.9. The van der Waals surface area contributed by atoms with Crippen molar-refractivity contribution in [3.05, 3.63) is 17.2 Å². The van der Waals surface area contributed by atoms with Gasteiger partial charge in [0.1, 0.15) is 5.82 Å². The minimum atomic E-state index is -2.85. The van der Waals surface area contributed by atoms with Crippen molar-refractivity contribution in [3.8, 4) is 0 Å². The van der Waals surface area contributed by atoms with Gasteiger partial charge in [-0.1, -0.05) is 0 Å². The van der Waals surface area contributed by atoms with E-state index in [-0.39, 0.29) is 17.7 Å². The first-order valence-corrected chi connectivity index (χ1v) is 8.29. The summed E-state index contributed by atoms with van der Waals surface area (Å²) in [5.41, 5.74) is 8.29. The number of aromatic nitrogens is 2. The largest absolute Gasteiger partial charge is 0.335 e. The molecule has 100 valence electrons. The second kappa shape index (κ2) is 4.06. The Hall–Kier alpha value is -0.880. The van der Waals surface area contributed by atoms with Gasteiger partial charge in [0.2, 0.25) is 0 Å². The molecule has 0 bridgehead atoms. The summed E-state index contributed by atoms with van der Waals surface area (Å²) in [6.07, 6.45) is 3.48. The highest BCUT2D eigenvalue weighted by Gasteiger charge is 2.33. The van der Waals surface area contributed by atoms with Gasteiger partial charge in [-0.15, -0.1) is 0 Å². The topological polar surface area (TPSA) is 78.0 Å². The van der Waals surface area contributed by atoms with Gasteiger partial charge in [-0.25, -0.2) is 13.4 Å². The molecule has 1 aliphatic carbocycles. The van der Waals surface area contributed by atoms with Gasteiger partial charge in [0.25, 0.3) is 0 Å². The zero-order valence-corrected chi connectivity index (χ0v) is 11.4. The van der Waals surface area contributed by atoms with Crippen LogP contribution in [-0.4, -0.2) is 35.5 Å². The van der Waals surface area contributed by atoms with Crippen LogP contribution in [0.25, 0.3) is 0 Å². The van der Waals surface area contributed by atoms with Gasteiger partial charge in [0.05, 0.1) is 17.2 Å². The van der Waals surface area contributed by atoms with Gasteiger partial charge in [-0.05, 0) is 19.3 Å². The van der Waals surface area contributed by atoms with E-state index in [2.05, 4.69) is 9.55 Å². The van der Waals surface area contributed by atoms with E-state index in [1.165, 1.54) is 5.69 Å². The molecule has 0 spiro atoms. The molecule has 1 aromatic heterocycles. The first-order chi connectivity index (χ1) is 8.46. The van der Waals surface area contributed by atoms with Crippen molar-refractivity contribution >= 4 is 9.84 Å². The van der Waals surface area contributed by atoms with Gasteiger partial charge in [0, 0.05) is 31.1 Å². The van der Waals surface area contributed by atoms with Gasteiger partial charge >= 0.3 is 0 Å². The Balaban J connectivity index is 1.95. The quantitative estimate of drug-likeness (QED) is 0.786. The van der Waals surface area contributed by atoms with Crippen molar-refractivity contribution in [2.45, 2.75) is 37.6 Å². The van der Waals surface area contributed by atoms with Crippen molar-refractivity contribution in [2.24, 2.45) is 12.8 Å². The third-order valence-electron chi connectivity index (χ3n) is 4.14. The van der Waals surface area contributed by atoms with E-state index in [4.69, 9.17) is 5.73 Å². The molecule has 2 heterocycles. The van der Waals surface area contributed by atoms with Crippen molar-refractivity contribution in [3.63, 3.8) is 0 Å². The van der Waals surface area contributed by atoms with E-state index in [1.807, 2.05) is 7.05 Å². The molecule has 6 heteroatoms. The van der Waals surface area contributed by atoms with E-state index in [0.717, 1.165) is 30.8 Å². The predicted octanol–water partition coefficient (Wildman–Crippen LogP) is 0.138. The molecular formula is C12H19N3O2S. The van der Waals surface area contributed by atoms with E-state index >= 15 is 0 Å². The fraction of sp³-hybridized carbons (Fsp3) is 0.750. The fourth-order valence-corrected chi connectivity index (χ4v) is 4.86. The number of hydrogen-bond donors (Lipinski definition) is 1. The molecule has 0 amide bonds. The van der Waals surface area contributed by atoms with Crippen LogP contribution in [0, 0.1) is 0 Å². The molecule has 2 atom stereocenters. The van der Waals surface area contributed by atoms with E-state index in [1.54, 1.807) is 0 Å². The monoisotopic (exact) mass is 269 g/mol. The second-order valence-corrected chi connectivity index (χ2v) is 7.75. The Kier molecular flexibility index (Phi) is 2.75.